The first-order chi connectivity index (χ1) is 9.26. The third-order valence-electron chi connectivity index (χ3n) is 2.81. The van der Waals surface area contributed by atoms with Gasteiger partial charge in [0.2, 0.25) is 5.91 Å². The van der Waals surface area contributed by atoms with E-state index in [2.05, 4.69) is 5.32 Å². The van der Waals surface area contributed by atoms with Crippen molar-refractivity contribution >= 4 is 5.91 Å². The second kappa shape index (κ2) is 9.53. The van der Waals surface area contributed by atoms with Gasteiger partial charge in [-0.2, -0.15) is 0 Å². The summed E-state index contributed by atoms with van der Waals surface area (Å²) >= 11 is 0. The second-order valence-electron chi connectivity index (χ2n) is 4.44. The first kappa shape index (κ1) is 15.7. The molecule has 0 aliphatic heterocycles. The highest BCUT2D eigenvalue weighted by molar-refractivity contribution is 5.76. The quantitative estimate of drug-likeness (QED) is 0.666. The van der Waals surface area contributed by atoms with Crippen molar-refractivity contribution in [3.8, 4) is 0 Å². The maximum atomic E-state index is 11.7. The number of aliphatic hydroxyl groups excluding tert-OH is 1. The van der Waals surface area contributed by atoms with E-state index in [1.807, 2.05) is 37.3 Å². The lowest BCUT2D eigenvalue weighted by molar-refractivity contribution is -0.122. The zero-order chi connectivity index (χ0) is 13.9. The van der Waals surface area contributed by atoms with Crippen LogP contribution in [0.5, 0.6) is 0 Å². The average Bonchev–Trinajstić information content (AvgIpc) is 2.44. The molecule has 4 nitrogen and oxygen atoms in total. The highest BCUT2D eigenvalue weighted by atomic mass is 16.5. The van der Waals surface area contributed by atoms with Gasteiger partial charge in [0, 0.05) is 19.6 Å². The van der Waals surface area contributed by atoms with Crippen molar-refractivity contribution in [2.45, 2.75) is 32.2 Å². The molecule has 0 fully saturated rings. The molecule has 2 N–H and O–H groups in total. The van der Waals surface area contributed by atoms with Crippen molar-refractivity contribution in [3.05, 3.63) is 35.9 Å². The molecule has 0 aromatic heterocycles. The van der Waals surface area contributed by atoms with Gasteiger partial charge >= 0.3 is 0 Å². The molecule has 19 heavy (non-hydrogen) atoms. The minimum absolute atomic E-state index is 0.0327. The highest BCUT2D eigenvalue weighted by Gasteiger charge is 2.11. The van der Waals surface area contributed by atoms with Gasteiger partial charge < -0.3 is 15.2 Å². The third-order valence-corrected chi connectivity index (χ3v) is 2.81. The molecule has 0 saturated carbocycles. The van der Waals surface area contributed by atoms with Crippen molar-refractivity contribution in [1.29, 1.82) is 0 Å². The first-order valence-corrected chi connectivity index (χ1v) is 6.78. The molecule has 0 bridgehead atoms. The molecule has 0 heterocycles. The van der Waals surface area contributed by atoms with Crippen molar-refractivity contribution in [1.82, 2.24) is 5.32 Å². The molecular weight excluding hydrogens is 242 g/mol. The van der Waals surface area contributed by atoms with Crippen LogP contribution in [0.2, 0.25) is 0 Å². The SMILES string of the molecule is CCOCCCC(=O)NC(CO)Cc1ccccc1. The summed E-state index contributed by atoms with van der Waals surface area (Å²) < 4.78 is 5.18. The van der Waals surface area contributed by atoms with Crippen LogP contribution in [0, 0.1) is 0 Å². The smallest absolute Gasteiger partial charge is 0.220 e. The fourth-order valence-electron chi connectivity index (χ4n) is 1.84. The fourth-order valence-corrected chi connectivity index (χ4v) is 1.84. The molecule has 0 spiro atoms. The Labute approximate surface area is 114 Å². The Kier molecular flexibility index (Phi) is 7.86. The Bertz CT molecular complexity index is 354. The van der Waals surface area contributed by atoms with Crippen LogP contribution < -0.4 is 5.32 Å². The lowest BCUT2D eigenvalue weighted by Crippen LogP contribution is -2.39. The molecule has 0 aliphatic carbocycles. The minimum Gasteiger partial charge on any atom is -0.394 e. The number of aliphatic hydroxyl groups is 1. The Morgan fingerprint density at radius 1 is 1.37 bits per heavy atom. The molecule has 1 rings (SSSR count). The fraction of sp³-hybridized carbons (Fsp3) is 0.533. The molecule has 1 aromatic carbocycles. The predicted molar refractivity (Wildman–Crippen MR) is 74.9 cm³/mol. The number of carbonyl (C=O) groups excluding carboxylic acids is 1. The molecule has 1 atom stereocenters. The van der Waals surface area contributed by atoms with Gasteiger partial charge in [-0.1, -0.05) is 30.3 Å². The normalized spacial score (nSPS) is 12.1. The van der Waals surface area contributed by atoms with Crippen LogP contribution in [0.4, 0.5) is 0 Å². The summed E-state index contributed by atoms with van der Waals surface area (Å²) in [4.78, 5) is 11.7. The van der Waals surface area contributed by atoms with Crippen LogP contribution in [-0.4, -0.2) is 36.9 Å². The number of ether oxygens (including phenoxy) is 1. The van der Waals surface area contributed by atoms with Crippen molar-refractivity contribution < 1.29 is 14.6 Å². The molecule has 4 heteroatoms. The van der Waals surface area contributed by atoms with Crippen molar-refractivity contribution in [3.63, 3.8) is 0 Å². The summed E-state index contributed by atoms with van der Waals surface area (Å²) in [5.41, 5.74) is 1.11. The lowest BCUT2D eigenvalue weighted by atomic mass is 10.1. The van der Waals surface area contributed by atoms with E-state index in [4.69, 9.17) is 4.74 Å². The number of rotatable bonds is 9. The monoisotopic (exact) mass is 265 g/mol. The van der Waals surface area contributed by atoms with Crippen LogP contribution in [-0.2, 0) is 16.0 Å². The van der Waals surface area contributed by atoms with Crippen molar-refractivity contribution in [2.75, 3.05) is 19.8 Å². The maximum absolute atomic E-state index is 11.7. The van der Waals surface area contributed by atoms with Gasteiger partial charge in [-0.25, -0.2) is 0 Å². The van der Waals surface area contributed by atoms with Gasteiger partial charge in [-0.3, -0.25) is 4.79 Å². The highest BCUT2D eigenvalue weighted by Crippen LogP contribution is 2.03. The van der Waals surface area contributed by atoms with Crippen LogP contribution in [0.1, 0.15) is 25.3 Å². The van der Waals surface area contributed by atoms with Gasteiger partial charge in [-0.15, -0.1) is 0 Å². The summed E-state index contributed by atoms with van der Waals surface area (Å²) in [7, 11) is 0. The molecule has 0 aliphatic rings. The number of benzene rings is 1. The van der Waals surface area contributed by atoms with Gasteiger partial charge in [-0.05, 0) is 25.3 Å². The van der Waals surface area contributed by atoms with Crippen LogP contribution in [0.3, 0.4) is 0 Å². The van der Waals surface area contributed by atoms with E-state index < -0.39 is 0 Å². The molecule has 106 valence electrons. The first-order valence-electron chi connectivity index (χ1n) is 6.78. The Morgan fingerprint density at radius 3 is 2.74 bits per heavy atom. The topological polar surface area (TPSA) is 58.6 Å². The number of hydrogen-bond donors (Lipinski definition) is 2. The molecule has 0 saturated heterocycles. The molecule has 1 amide bonds. The van der Waals surface area contributed by atoms with Gasteiger partial charge in [0.1, 0.15) is 0 Å². The standard InChI is InChI=1S/C15H23NO3/c1-2-19-10-6-9-15(18)16-14(12-17)11-13-7-4-3-5-8-13/h3-5,7-8,14,17H,2,6,9-12H2,1H3,(H,16,18). The lowest BCUT2D eigenvalue weighted by Gasteiger charge is -2.16. The number of nitrogens with one attached hydrogen (secondary N) is 1. The zero-order valence-electron chi connectivity index (χ0n) is 11.5. The number of amides is 1. The third kappa shape index (κ3) is 6.94. The summed E-state index contributed by atoms with van der Waals surface area (Å²) in [6.07, 6.45) is 1.79. The molecule has 0 radical (unpaired) electrons. The summed E-state index contributed by atoms with van der Waals surface area (Å²) in [5, 5.41) is 12.2. The summed E-state index contributed by atoms with van der Waals surface area (Å²) in [5.74, 6) is -0.0327. The van der Waals surface area contributed by atoms with Crippen LogP contribution in [0.25, 0.3) is 0 Å². The van der Waals surface area contributed by atoms with Gasteiger partial charge in [0.05, 0.1) is 12.6 Å². The maximum Gasteiger partial charge on any atom is 0.220 e. The van der Waals surface area contributed by atoms with E-state index in [9.17, 15) is 9.90 Å². The molecular formula is C15H23NO3. The second-order valence-corrected chi connectivity index (χ2v) is 4.44. The molecule has 1 unspecified atom stereocenters. The predicted octanol–water partition coefficient (Wildman–Crippen LogP) is 1.52. The van der Waals surface area contributed by atoms with E-state index in [0.29, 0.717) is 32.5 Å². The van der Waals surface area contributed by atoms with Crippen LogP contribution >= 0.6 is 0 Å². The van der Waals surface area contributed by atoms with E-state index in [1.54, 1.807) is 0 Å². The van der Waals surface area contributed by atoms with E-state index in [-0.39, 0.29) is 18.6 Å². The largest absolute Gasteiger partial charge is 0.394 e. The van der Waals surface area contributed by atoms with Gasteiger partial charge in [0.25, 0.3) is 0 Å². The Balaban J connectivity index is 2.29. The number of carbonyl (C=O) groups is 1. The minimum atomic E-state index is -0.220. The summed E-state index contributed by atoms with van der Waals surface area (Å²) in [6.45, 7) is 3.16. The average molecular weight is 265 g/mol. The van der Waals surface area contributed by atoms with E-state index in [0.717, 1.165) is 5.56 Å². The number of hydrogen-bond acceptors (Lipinski definition) is 3. The molecule has 1 aromatic rings. The van der Waals surface area contributed by atoms with Crippen molar-refractivity contribution in [2.24, 2.45) is 0 Å². The van der Waals surface area contributed by atoms with E-state index >= 15 is 0 Å². The Morgan fingerprint density at radius 2 is 2.11 bits per heavy atom. The van der Waals surface area contributed by atoms with E-state index in [1.165, 1.54) is 0 Å². The zero-order valence-corrected chi connectivity index (χ0v) is 11.5. The Hall–Kier alpha value is -1.39. The van der Waals surface area contributed by atoms with Crippen LogP contribution in [0.15, 0.2) is 30.3 Å². The summed E-state index contributed by atoms with van der Waals surface area (Å²) in [6, 6.07) is 9.61. The van der Waals surface area contributed by atoms with Gasteiger partial charge in [0.15, 0.2) is 0 Å².